The summed E-state index contributed by atoms with van der Waals surface area (Å²) in [6.07, 6.45) is -1.18. The molecule has 0 radical (unpaired) electrons. The van der Waals surface area contributed by atoms with Gasteiger partial charge in [-0.2, -0.15) is 18.3 Å². The van der Waals surface area contributed by atoms with Gasteiger partial charge in [0.2, 0.25) is 5.91 Å². The molecule has 0 atom stereocenters. The van der Waals surface area contributed by atoms with E-state index in [0.29, 0.717) is 31.5 Å². The number of benzene rings is 1. The number of nitrogens with zero attached hydrogens (tertiary/aromatic N) is 4. The van der Waals surface area contributed by atoms with Crippen LogP contribution in [0, 0.1) is 6.92 Å². The molecule has 0 spiro atoms. The Labute approximate surface area is 159 Å². The van der Waals surface area contributed by atoms with Crippen LogP contribution in [0.1, 0.15) is 34.5 Å². The minimum absolute atomic E-state index is 0.0118. The smallest absolute Gasteiger partial charge is 0.338 e. The number of fused-ring (bicyclic) bond motifs is 3. The van der Waals surface area contributed by atoms with E-state index >= 15 is 0 Å². The van der Waals surface area contributed by atoms with Gasteiger partial charge in [-0.15, -0.1) is 0 Å². The second kappa shape index (κ2) is 6.92. The largest absolute Gasteiger partial charge is 0.416 e. The van der Waals surface area contributed by atoms with Crippen LogP contribution in [0.25, 0.3) is 5.65 Å². The first-order valence-electron chi connectivity index (χ1n) is 9.08. The summed E-state index contributed by atoms with van der Waals surface area (Å²) in [5.41, 5.74) is 3.79. The molecule has 0 fully saturated rings. The number of hydrogen-bond donors (Lipinski definition) is 0. The molecule has 1 aliphatic rings. The Morgan fingerprint density at radius 2 is 1.96 bits per heavy atom. The Morgan fingerprint density at radius 1 is 1.21 bits per heavy atom. The molecule has 0 aliphatic carbocycles. The van der Waals surface area contributed by atoms with Crippen LogP contribution < -0.4 is 0 Å². The van der Waals surface area contributed by atoms with E-state index < -0.39 is 11.7 Å². The molecule has 4 rings (SSSR count). The second-order valence-electron chi connectivity index (χ2n) is 7.05. The van der Waals surface area contributed by atoms with E-state index in [-0.39, 0.29) is 12.3 Å². The first-order valence-corrected chi connectivity index (χ1v) is 9.08. The van der Waals surface area contributed by atoms with Crippen molar-refractivity contribution in [3.63, 3.8) is 0 Å². The lowest BCUT2D eigenvalue weighted by atomic mass is 10.0. The summed E-state index contributed by atoms with van der Waals surface area (Å²) in [6, 6.07) is 6.90. The van der Waals surface area contributed by atoms with E-state index in [1.165, 1.54) is 12.1 Å². The van der Waals surface area contributed by atoms with Crippen LogP contribution in [0.4, 0.5) is 13.2 Å². The van der Waals surface area contributed by atoms with Crippen LogP contribution in [0.3, 0.4) is 0 Å². The number of carbonyl (C=O) groups excluding carboxylic acids is 1. The van der Waals surface area contributed by atoms with E-state index in [9.17, 15) is 18.0 Å². The van der Waals surface area contributed by atoms with E-state index in [2.05, 4.69) is 10.1 Å². The third-order valence-electron chi connectivity index (χ3n) is 5.03. The predicted octanol–water partition coefficient (Wildman–Crippen LogP) is 3.57. The highest BCUT2D eigenvalue weighted by molar-refractivity contribution is 5.76. The van der Waals surface area contributed by atoms with Crippen molar-refractivity contribution in [2.24, 2.45) is 0 Å². The molecule has 8 heteroatoms. The number of halogens is 3. The fourth-order valence-electron chi connectivity index (χ4n) is 3.54. The summed E-state index contributed by atoms with van der Waals surface area (Å²) in [7, 11) is 0. The number of aryl methyl sites for hydroxylation is 2. The third-order valence-corrected chi connectivity index (χ3v) is 5.03. The number of aromatic nitrogens is 3. The maximum Gasteiger partial charge on any atom is 0.416 e. The molecule has 1 amide bonds. The predicted molar refractivity (Wildman–Crippen MR) is 96.6 cm³/mol. The van der Waals surface area contributed by atoms with Gasteiger partial charge in [-0.1, -0.05) is 12.1 Å². The maximum absolute atomic E-state index is 12.6. The monoisotopic (exact) mass is 388 g/mol. The first-order chi connectivity index (χ1) is 13.3. The molecule has 1 aliphatic heterocycles. The van der Waals surface area contributed by atoms with Gasteiger partial charge in [0.1, 0.15) is 0 Å². The van der Waals surface area contributed by atoms with E-state index in [1.807, 2.05) is 17.5 Å². The zero-order valence-electron chi connectivity index (χ0n) is 15.3. The summed E-state index contributed by atoms with van der Waals surface area (Å²) in [4.78, 5) is 18.8. The quantitative estimate of drug-likeness (QED) is 0.689. The third kappa shape index (κ3) is 3.58. The Morgan fingerprint density at radius 3 is 2.68 bits per heavy atom. The van der Waals surface area contributed by atoms with E-state index in [1.54, 1.807) is 11.1 Å². The Hall–Kier alpha value is -2.90. The van der Waals surface area contributed by atoms with Crippen molar-refractivity contribution < 1.29 is 18.0 Å². The van der Waals surface area contributed by atoms with Gasteiger partial charge < -0.3 is 4.90 Å². The Balaban J connectivity index is 1.40. The van der Waals surface area contributed by atoms with Gasteiger partial charge in [-0.3, -0.25) is 4.79 Å². The normalized spacial score (nSPS) is 14.4. The lowest BCUT2D eigenvalue weighted by Crippen LogP contribution is -2.37. The number of alkyl halides is 3. The van der Waals surface area contributed by atoms with Gasteiger partial charge in [0.25, 0.3) is 0 Å². The molecule has 28 heavy (non-hydrogen) atoms. The van der Waals surface area contributed by atoms with Gasteiger partial charge in [0, 0.05) is 43.8 Å². The Bertz CT molecular complexity index is 1020. The molecule has 0 unspecified atom stereocenters. The van der Waals surface area contributed by atoms with Gasteiger partial charge in [0.05, 0.1) is 17.0 Å². The molecule has 3 aromatic rings. The van der Waals surface area contributed by atoms with Crippen LogP contribution in [-0.2, 0) is 30.4 Å². The van der Waals surface area contributed by atoms with Crippen molar-refractivity contribution in [1.82, 2.24) is 19.5 Å². The SMILES string of the molecule is Cc1cc2ncc3c(n2n1)CCN(C(=O)CCc1ccc(C(F)(F)F)cc1)C3. The Kier molecular flexibility index (Phi) is 4.56. The van der Waals surface area contributed by atoms with Crippen LogP contribution in [-0.4, -0.2) is 31.9 Å². The van der Waals surface area contributed by atoms with Crippen LogP contribution in [0.15, 0.2) is 36.5 Å². The molecule has 3 heterocycles. The molecule has 2 aromatic heterocycles. The topological polar surface area (TPSA) is 50.5 Å². The van der Waals surface area contributed by atoms with Crippen molar-refractivity contribution >= 4 is 11.6 Å². The van der Waals surface area contributed by atoms with Gasteiger partial charge >= 0.3 is 6.18 Å². The van der Waals surface area contributed by atoms with Crippen LogP contribution in [0.5, 0.6) is 0 Å². The van der Waals surface area contributed by atoms with Crippen molar-refractivity contribution in [2.45, 2.75) is 38.9 Å². The van der Waals surface area contributed by atoms with Gasteiger partial charge in [-0.25, -0.2) is 9.50 Å². The fraction of sp³-hybridized carbons (Fsp3) is 0.350. The van der Waals surface area contributed by atoms with Gasteiger partial charge in [0.15, 0.2) is 5.65 Å². The van der Waals surface area contributed by atoms with Crippen molar-refractivity contribution in [1.29, 1.82) is 0 Å². The van der Waals surface area contributed by atoms with E-state index in [4.69, 9.17) is 0 Å². The lowest BCUT2D eigenvalue weighted by Gasteiger charge is -2.28. The van der Waals surface area contributed by atoms with Crippen molar-refractivity contribution in [2.75, 3.05) is 6.54 Å². The lowest BCUT2D eigenvalue weighted by molar-refractivity contribution is -0.137. The minimum atomic E-state index is -4.35. The number of carbonyl (C=O) groups is 1. The molecular weight excluding hydrogens is 369 g/mol. The summed E-state index contributed by atoms with van der Waals surface area (Å²) in [5, 5.41) is 4.47. The molecule has 0 saturated heterocycles. The molecule has 1 aromatic carbocycles. The fourth-order valence-corrected chi connectivity index (χ4v) is 3.54. The molecule has 0 bridgehead atoms. The maximum atomic E-state index is 12.6. The molecular formula is C20H19F3N4O. The summed E-state index contributed by atoms with van der Waals surface area (Å²) in [5.74, 6) is -0.0118. The summed E-state index contributed by atoms with van der Waals surface area (Å²) in [6.45, 7) is 2.99. The second-order valence-corrected chi connectivity index (χ2v) is 7.05. The highest BCUT2D eigenvalue weighted by atomic mass is 19.4. The number of rotatable bonds is 3. The average molecular weight is 388 g/mol. The molecule has 0 saturated carbocycles. The highest BCUT2D eigenvalue weighted by Gasteiger charge is 2.30. The zero-order chi connectivity index (χ0) is 19.9. The van der Waals surface area contributed by atoms with Crippen LogP contribution >= 0.6 is 0 Å². The number of hydrogen-bond acceptors (Lipinski definition) is 3. The van der Waals surface area contributed by atoms with Crippen molar-refractivity contribution in [3.8, 4) is 0 Å². The summed E-state index contributed by atoms with van der Waals surface area (Å²) < 4.78 is 39.7. The molecule has 0 N–H and O–H groups in total. The standard InChI is InChI=1S/C20H19F3N4O/c1-13-10-18-24-11-15-12-26(9-8-17(15)27(18)25-13)19(28)7-4-14-2-5-16(6-3-14)20(21,22)23/h2-3,5-6,10-11H,4,7-9,12H2,1H3. The highest BCUT2D eigenvalue weighted by Crippen LogP contribution is 2.29. The summed E-state index contributed by atoms with van der Waals surface area (Å²) >= 11 is 0. The van der Waals surface area contributed by atoms with Crippen LogP contribution in [0.2, 0.25) is 0 Å². The minimum Gasteiger partial charge on any atom is -0.338 e. The molecule has 5 nitrogen and oxygen atoms in total. The van der Waals surface area contributed by atoms with E-state index in [0.717, 1.165) is 34.7 Å². The van der Waals surface area contributed by atoms with Crippen molar-refractivity contribution in [3.05, 3.63) is 64.6 Å². The molecule has 146 valence electrons. The van der Waals surface area contributed by atoms with Gasteiger partial charge in [-0.05, 0) is 31.0 Å². The number of amides is 1. The zero-order valence-corrected chi connectivity index (χ0v) is 15.3. The first kappa shape index (κ1) is 18.5. The average Bonchev–Trinajstić information content (AvgIpc) is 3.06.